The highest BCUT2D eigenvalue weighted by Crippen LogP contribution is 2.34. The fourth-order valence-electron chi connectivity index (χ4n) is 3.68. The molecule has 4 rings (SSSR count). The highest BCUT2D eigenvalue weighted by atomic mass is 19.4. The number of carbonyl (C=O) groups is 2. The topological polar surface area (TPSA) is 87.0 Å². The SMILES string of the molecule is O=C(CN1CCN(C(=O)c2cnc3ccccn3c2=O)CC1)Nc1ccccc1C(F)(F)F. The van der Waals surface area contributed by atoms with Gasteiger partial charge < -0.3 is 10.2 Å². The number of nitrogens with zero attached hydrogens (tertiary/aromatic N) is 4. The number of carbonyl (C=O) groups excluding carboxylic acids is 2. The predicted molar refractivity (Wildman–Crippen MR) is 114 cm³/mol. The molecule has 0 spiro atoms. The predicted octanol–water partition coefficient (Wildman–Crippen LogP) is 2.11. The van der Waals surface area contributed by atoms with Crippen LogP contribution in [0.5, 0.6) is 0 Å². The van der Waals surface area contributed by atoms with Crippen LogP contribution >= 0.6 is 0 Å². The smallest absolute Gasteiger partial charge is 0.336 e. The van der Waals surface area contributed by atoms with Crippen LogP contribution in [0.15, 0.2) is 59.7 Å². The maximum Gasteiger partial charge on any atom is 0.418 e. The average Bonchev–Trinajstić information content (AvgIpc) is 2.79. The Morgan fingerprint density at radius 3 is 2.42 bits per heavy atom. The second kappa shape index (κ2) is 9.02. The van der Waals surface area contributed by atoms with Crippen LogP contribution in [-0.2, 0) is 11.0 Å². The van der Waals surface area contributed by atoms with Gasteiger partial charge in [0.2, 0.25) is 5.91 Å². The van der Waals surface area contributed by atoms with Crippen molar-refractivity contribution in [1.82, 2.24) is 19.2 Å². The molecule has 3 heterocycles. The summed E-state index contributed by atoms with van der Waals surface area (Å²) in [6, 6.07) is 9.84. The Morgan fingerprint density at radius 1 is 1.00 bits per heavy atom. The van der Waals surface area contributed by atoms with Crippen LogP contribution < -0.4 is 10.9 Å². The van der Waals surface area contributed by atoms with E-state index in [2.05, 4.69) is 10.3 Å². The van der Waals surface area contributed by atoms with Gasteiger partial charge in [0.15, 0.2) is 0 Å². The molecular weight excluding hydrogens is 439 g/mol. The molecule has 172 valence electrons. The largest absolute Gasteiger partial charge is 0.418 e. The van der Waals surface area contributed by atoms with E-state index in [1.54, 1.807) is 23.1 Å². The fraction of sp³-hybridized carbons (Fsp3) is 0.273. The molecule has 1 fully saturated rings. The van der Waals surface area contributed by atoms with E-state index in [9.17, 15) is 27.6 Å². The third-order valence-corrected chi connectivity index (χ3v) is 5.38. The van der Waals surface area contributed by atoms with Crippen LogP contribution in [0.4, 0.5) is 18.9 Å². The number of pyridine rings is 1. The van der Waals surface area contributed by atoms with Gasteiger partial charge in [-0.2, -0.15) is 13.2 Å². The Bertz CT molecular complexity index is 1250. The number of hydrogen-bond donors (Lipinski definition) is 1. The van der Waals surface area contributed by atoms with Gasteiger partial charge in [-0.05, 0) is 24.3 Å². The van der Waals surface area contributed by atoms with Crippen LogP contribution in [0, 0.1) is 0 Å². The van der Waals surface area contributed by atoms with E-state index < -0.39 is 29.1 Å². The highest BCUT2D eigenvalue weighted by Gasteiger charge is 2.33. The van der Waals surface area contributed by atoms with Crippen molar-refractivity contribution in [3.05, 3.63) is 76.3 Å². The fourth-order valence-corrected chi connectivity index (χ4v) is 3.68. The molecule has 11 heteroatoms. The van der Waals surface area contributed by atoms with E-state index >= 15 is 0 Å². The number of aromatic nitrogens is 2. The summed E-state index contributed by atoms with van der Waals surface area (Å²) in [5.41, 5.74) is -1.29. The number of alkyl halides is 3. The Hall–Kier alpha value is -3.73. The maximum absolute atomic E-state index is 13.1. The number of hydrogen-bond acceptors (Lipinski definition) is 5. The lowest BCUT2D eigenvalue weighted by Gasteiger charge is -2.34. The third-order valence-electron chi connectivity index (χ3n) is 5.38. The summed E-state index contributed by atoms with van der Waals surface area (Å²) in [5.74, 6) is -1.03. The van der Waals surface area contributed by atoms with Gasteiger partial charge in [0.1, 0.15) is 11.2 Å². The van der Waals surface area contributed by atoms with Crippen LogP contribution in [0.25, 0.3) is 5.65 Å². The Morgan fingerprint density at radius 2 is 1.70 bits per heavy atom. The molecule has 1 aliphatic heterocycles. The summed E-state index contributed by atoms with van der Waals surface area (Å²) >= 11 is 0. The number of rotatable bonds is 4. The van der Waals surface area contributed by atoms with Crippen molar-refractivity contribution in [2.75, 3.05) is 38.0 Å². The standard InChI is InChI=1S/C22H20F3N5O3/c23-22(24,25)16-5-1-2-6-17(16)27-19(31)14-28-9-11-29(12-10-28)20(32)15-13-26-18-7-3-4-8-30(18)21(15)33/h1-8,13H,9-12,14H2,(H,27,31). The van der Waals surface area contributed by atoms with E-state index in [-0.39, 0.29) is 30.9 Å². The average molecular weight is 459 g/mol. The number of halogens is 3. The molecule has 33 heavy (non-hydrogen) atoms. The lowest BCUT2D eigenvalue weighted by molar-refractivity contribution is -0.137. The normalized spacial score (nSPS) is 14.9. The van der Waals surface area contributed by atoms with E-state index in [0.717, 1.165) is 6.07 Å². The molecule has 0 bridgehead atoms. The molecular formula is C22H20F3N5O3. The summed E-state index contributed by atoms with van der Waals surface area (Å²) in [4.78, 5) is 45.2. The minimum absolute atomic E-state index is 0.0475. The second-order valence-corrected chi connectivity index (χ2v) is 7.57. The van der Waals surface area contributed by atoms with Gasteiger partial charge in [-0.1, -0.05) is 18.2 Å². The van der Waals surface area contributed by atoms with E-state index in [1.165, 1.54) is 39.9 Å². The minimum Gasteiger partial charge on any atom is -0.336 e. The quantitative estimate of drug-likeness (QED) is 0.646. The Labute approximate surface area is 186 Å². The van der Waals surface area contributed by atoms with Crippen molar-refractivity contribution in [1.29, 1.82) is 0 Å². The highest BCUT2D eigenvalue weighted by molar-refractivity contribution is 5.94. The van der Waals surface area contributed by atoms with Crippen molar-refractivity contribution in [2.45, 2.75) is 6.18 Å². The van der Waals surface area contributed by atoms with Crippen molar-refractivity contribution < 1.29 is 22.8 Å². The number of piperazine rings is 1. The zero-order chi connectivity index (χ0) is 23.6. The molecule has 0 saturated carbocycles. The zero-order valence-electron chi connectivity index (χ0n) is 17.4. The number of anilines is 1. The van der Waals surface area contributed by atoms with Gasteiger partial charge in [-0.15, -0.1) is 0 Å². The van der Waals surface area contributed by atoms with E-state index in [4.69, 9.17) is 0 Å². The lowest BCUT2D eigenvalue weighted by atomic mass is 10.1. The summed E-state index contributed by atoms with van der Waals surface area (Å²) in [5, 5.41) is 2.32. The first-order valence-corrected chi connectivity index (χ1v) is 10.2. The van der Waals surface area contributed by atoms with Crippen molar-refractivity contribution >= 4 is 23.1 Å². The molecule has 1 aliphatic rings. The number of para-hydroxylation sites is 1. The van der Waals surface area contributed by atoms with Crippen molar-refractivity contribution in [3.63, 3.8) is 0 Å². The van der Waals surface area contributed by atoms with Gasteiger partial charge >= 0.3 is 6.18 Å². The molecule has 1 saturated heterocycles. The molecule has 2 aromatic heterocycles. The lowest BCUT2D eigenvalue weighted by Crippen LogP contribution is -2.51. The summed E-state index contributed by atoms with van der Waals surface area (Å²) in [6.45, 7) is 1.09. The number of fused-ring (bicyclic) bond motifs is 1. The van der Waals surface area contributed by atoms with E-state index in [0.29, 0.717) is 18.7 Å². The Kier molecular flexibility index (Phi) is 6.14. The molecule has 1 N–H and O–H groups in total. The molecule has 3 aromatic rings. The van der Waals surface area contributed by atoms with E-state index in [1.807, 2.05) is 0 Å². The van der Waals surface area contributed by atoms with Crippen LogP contribution in [0.2, 0.25) is 0 Å². The number of nitrogens with one attached hydrogen (secondary N) is 1. The zero-order valence-corrected chi connectivity index (χ0v) is 17.4. The molecule has 2 amide bonds. The first-order valence-electron chi connectivity index (χ1n) is 10.2. The summed E-state index contributed by atoms with van der Waals surface area (Å²) < 4.78 is 40.6. The monoisotopic (exact) mass is 459 g/mol. The molecule has 0 unspecified atom stereocenters. The first kappa shape index (κ1) is 22.5. The van der Waals surface area contributed by atoms with Crippen molar-refractivity contribution in [2.24, 2.45) is 0 Å². The van der Waals surface area contributed by atoms with Crippen LogP contribution in [0.1, 0.15) is 15.9 Å². The molecule has 0 aliphatic carbocycles. The molecule has 0 radical (unpaired) electrons. The minimum atomic E-state index is -4.58. The van der Waals surface area contributed by atoms with Gasteiger partial charge in [0.25, 0.3) is 11.5 Å². The molecule has 0 atom stereocenters. The van der Waals surface area contributed by atoms with Crippen LogP contribution in [0.3, 0.4) is 0 Å². The number of amides is 2. The van der Waals surface area contributed by atoms with Crippen LogP contribution in [-0.4, -0.2) is 63.7 Å². The first-order chi connectivity index (χ1) is 15.7. The molecule has 8 nitrogen and oxygen atoms in total. The summed E-state index contributed by atoms with van der Waals surface area (Å²) in [7, 11) is 0. The number of benzene rings is 1. The van der Waals surface area contributed by atoms with Gasteiger partial charge in [0, 0.05) is 38.6 Å². The van der Waals surface area contributed by atoms with Gasteiger partial charge in [0.05, 0.1) is 17.8 Å². The molecule has 1 aromatic carbocycles. The summed E-state index contributed by atoms with van der Waals surface area (Å²) in [6.07, 6.45) is -1.78. The Balaban J connectivity index is 1.36. The van der Waals surface area contributed by atoms with Crippen molar-refractivity contribution in [3.8, 4) is 0 Å². The van der Waals surface area contributed by atoms with Gasteiger partial charge in [-0.25, -0.2) is 4.98 Å². The third kappa shape index (κ3) is 4.87. The second-order valence-electron chi connectivity index (χ2n) is 7.57. The van der Waals surface area contributed by atoms with Gasteiger partial charge in [-0.3, -0.25) is 23.7 Å². The maximum atomic E-state index is 13.1.